The van der Waals surface area contributed by atoms with Crippen LogP contribution in [0, 0.1) is 0 Å². The fourth-order valence-electron chi connectivity index (χ4n) is 0.248. The Balaban J connectivity index is 3.05. The first kappa shape index (κ1) is 7.99. The molecular weight excluding hydrogens is 169 g/mol. The molecule has 2 N–H and O–H groups in total. The van der Waals surface area contributed by atoms with Gasteiger partial charge in [0.2, 0.25) is 0 Å². The molecule has 0 saturated heterocycles. The zero-order valence-corrected chi connectivity index (χ0v) is 7.14. The number of hydrogen-bond acceptors (Lipinski definition) is 2. The second-order valence-electron chi connectivity index (χ2n) is 1.56. The fourth-order valence-corrected chi connectivity index (χ4v) is 0.496. The van der Waals surface area contributed by atoms with Crippen molar-refractivity contribution in [3.05, 3.63) is 0 Å². The number of carboxylic acids is 1. The van der Waals surface area contributed by atoms with Crippen molar-refractivity contribution in [1.82, 2.24) is 5.32 Å². The molecule has 0 aliphatic rings. The molecule has 0 amide bonds. The van der Waals surface area contributed by atoms with Crippen LogP contribution in [0.25, 0.3) is 0 Å². The summed E-state index contributed by atoms with van der Waals surface area (Å²) in [5.41, 5.74) is 0. The van der Waals surface area contributed by atoms with Crippen LogP contribution in [0.1, 0.15) is 6.92 Å². The monoisotopic (exact) mass is 179 g/mol. The van der Waals surface area contributed by atoms with Crippen LogP contribution in [0.4, 0.5) is 0 Å². The topological polar surface area (TPSA) is 49.3 Å². The summed E-state index contributed by atoms with van der Waals surface area (Å²) in [5.74, 6) is -0.797. The molecule has 0 aromatic heterocycles. The van der Waals surface area contributed by atoms with Crippen LogP contribution in [-0.2, 0) is 4.79 Å². The molecule has 0 rings (SSSR count). The molecule has 0 radical (unpaired) electrons. The van der Waals surface area contributed by atoms with Gasteiger partial charge < -0.3 is 0 Å². The predicted octanol–water partition coefficient (Wildman–Crippen LogP) is -1.36. The molecule has 0 aromatic rings. The summed E-state index contributed by atoms with van der Waals surface area (Å²) in [4.78, 5) is 10.2. The third-order valence-corrected chi connectivity index (χ3v) is 1.07. The van der Waals surface area contributed by atoms with Gasteiger partial charge in [0.15, 0.2) is 0 Å². The number of hydrogen-bond donors (Lipinski definition) is 2. The summed E-state index contributed by atoms with van der Waals surface area (Å²) >= 11 is 1.50. The van der Waals surface area contributed by atoms with E-state index >= 15 is 0 Å². The zero-order valence-electron chi connectivity index (χ0n) is 4.72. The average molecular weight is 179 g/mol. The van der Waals surface area contributed by atoms with Gasteiger partial charge >= 0.3 is 56.3 Å². The van der Waals surface area contributed by atoms with Crippen LogP contribution in [0.15, 0.2) is 0 Å². The molecule has 48 valence electrons. The Hall–Kier alpha value is -0.0116. The number of rotatable bonds is 3. The van der Waals surface area contributed by atoms with E-state index in [-0.39, 0.29) is 6.54 Å². The minimum atomic E-state index is -0.797. The molecular formula is C4H10AsNO2. The van der Waals surface area contributed by atoms with E-state index in [2.05, 4.69) is 5.32 Å². The summed E-state index contributed by atoms with van der Waals surface area (Å²) in [7, 11) is 0. The SMILES string of the molecule is CC([AsH2])NCC(=O)O. The second kappa shape index (κ2) is 3.93. The van der Waals surface area contributed by atoms with Crippen molar-refractivity contribution >= 4 is 22.8 Å². The van der Waals surface area contributed by atoms with Gasteiger partial charge in [-0.3, -0.25) is 0 Å². The van der Waals surface area contributed by atoms with Crippen LogP contribution in [0.2, 0.25) is 0 Å². The van der Waals surface area contributed by atoms with Gasteiger partial charge in [0, 0.05) is 0 Å². The van der Waals surface area contributed by atoms with E-state index < -0.39 is 5.97 Å². The molecule has 2 atom stereocenters. The van der Waals surface area contributed by atoms with Gasteiger partial charge in [-0.1, -0.05) is 0 Å². The fraction of sp³-hybridized carbons (Fsp3) is 0.750. The first-order valence-electron chi connectivity index (χ1n) is 2.33. The van der Waals surface area contributed by atoms with Crippen molar-refractivity contribution in [1.29, 1.82) is 0 Å². The maximum atomic E-state index is 9.85. The van der Waals surface area contributed by atoms with Crippen molar-refractivity contribution in [2.24, 2.45) is 0 Å². The van der Waals surface area contributed by atoms with Crippen LogP contribution in [-0.4, -0.2) is 39.3 Å². The third-order valence-electron chi connectivity index (χ3n) is 0.575. The van der Waals surface area contributed by atoms with E-state index in [0.717, 1.165) is 0 Å². The predicted molar refractivity (Wildman–Crippen MR) is 33.6 cm³/mol. The van der Waals surface area contributed by atoms with Crippen LogP contribution in [0.3, 0.4) is 0 Å². The van der Waals surface area contributed by atoms with Crippen molar-refractivity contribution < 1.29 is 9.90 Å². The molecule has 8 heavy (non-hydrogen) atoms. The Bertz CT molecular complexity index is 84.1. The number of nitrogens with one attached hydrogen (secondary N) is 1. The van der Waals surface area contributed by atoms with E-state index in [1.54, 1.807) is 0 Å². The quantitative estimate of drug-likeness (QED) is 0.526. The summed E-state index contributed by atoms with van der Waals surface area (Å²) < 4.78 is 0. The minimum absolute atomic E-state index is 0.0689. The van der Waals surface area contributed by atoms with Crippen LogP contribution >= 0.6 is 0 Å². The van der Waals surface area contributed by atoms with Crippen molar-refractivity contribution in [3.63, 3.8) is 0 Å². The van der Waals surface area contributed by atoms with Gasteiger partial charge in [0.25, 0.3) is 0 Å². The first-order valence-corrected chi connectivity index (χ1v) is 3.73. The van der Waals surface area contributed by atoms with Gasteiger partial charge in [-0.2, -0.15) is 0 Å². The maximum absolute atomic E-state index is 9.85. The molecule has 0 aliphatic carbocycles. The summed E-state index contributed by atoms with van der Waals surface area (Å²) in [6, 6.07) is 0. The van der Waals surface area contributed by atoms with Gasteiger partial charge in [-0.25, -0.2) is 0 Å². The molecule has 0 aliphatic heterocycles. The summed E-state index contributed by atoms with van der Waals surface area (Å²) in [6.45, 7) is 2.00. The van der Waals surface area contributed by atoms with E-state index in [4.69, 9.17) is 5.11 Å². The Morgan fingerprint density at radius 2 is 2.50 bits per heavy atom. The Kier molecular flexibility index (Phi) is 3.92. The third kappa shape index (κ3) is 5.99. The molecule has 0 spiro atoms. The van der Waals surface area contributed by atoms with Crippen LogP contribution in [0.5, 0.6) is 0 Å². The molecule has 0 heterocycles. The Morgan fingerprint density at radius 1 is 2.00 bits per heavy atom. The summed E-state index contributed by atoms with van der Waals surface area (Å²) in [5, 5.41) is 10.9. The van der Waals surface area contributed by atoms with E-state index in [1.807, 2.05) is 6.92 Å². The molecule has 0 bridgehead atoms. The van der Waals surface area contributed by atoms with Crippen molar-refractivity contribution in [3.8, 4) is 0 Å². The van der Waals surface area contributed by atoms with Crippen molar-refractivity contribution in [2.75, 3.05) is 6.54 Å². The molecule has 0 aromatic carbocycles. The summed E-state index contributed by atoms with van der Waals surface area (Å²) in [6.07, 6.45) is 0. The van der Waals surface area contributed by atoms with Crippen LogP contribution < -0.4 is 5.32 Å². The van der Waals surface area contributed by atoms with Gasteiger partial charge in [-0.15, -0.1) is 0 Å². The second-order valence-corrected chi connectivity index (χ2v) is 3.66. The number of carbonyl (C=O) groups is 1. The van der Waals surface area contributed by atoms with E-state index in [9.17, 15) is 4.79 Å². The van der Waals surface area contributed by atoms with Crippen molar-refractivity contribution in [2.45, 2.75) is 11.8 Å². The first-order chi connectivity index (χ1) is 3.63. The standard InChI is InChI=1S/C4H10AsNO2/c1-3(5)6-2-4(7)8/h3,6H,2,5H2,1H3,(H,7,8). The molecule has 2 unspecified atom stereocenters. The Labute approximate surface area is 57.0 Å². The molecule has 3 nitrogen and oxygen atoms in total. The zero-order chi connectivity index (χ0) is 6.57. The number of aliphatic carboxylic acids is 1. The van der Waals surface area contributed by atoms with E-state index in [0.29, 0.717) is 4.83 Å². The Morgan fingerprint density at radius 3 is 2.62 bits per heavy atom. The van der Waals surface area contributed by atoms with Gasteiger partial charge in [-0.05, 0) is 0 Å². The average Bonchev–Trinajstić information content (AvgIpc) is 1.61. The molecule has 0 saturated carbocycles. The number of carboxylic acid groups (broad SMARTS) is 1. The van der Waals surface area contributed by atoms with Gasteiger partial charge in [0.05, 0.1) is 0 Å². The molecule has 4 heteroatoms. The normalized spacial score (nSPS) is 13.2. The molecule has 0 fully saturated rings. The van der Waals surface area contributed by atoms with Gasteiger partial charge in [0.1, 0.15) is 0 Å². The van der Waals surface area contributed by atoms with E-state index in [1.165, 1.54) is 16.9 Å².